The fraction of sp³-hybridized carbons (Fsp3) is 0.222. The average molecular weight is 243 g/mol. The number of fused-ring (bicyclic) bond motifs is 1. The number of carbonyl (C=O) groups excluding carboxylic acids is 1. The number of hydrogen-bond donors (Lipinski definition) is 2. The molecule has 0 bridgehead atoms. The van der Waals surface area contributed by atoms with Gasteiger partial charge in [-0.25, -0.2) is 0 Å². The van der Waals surface area contributed by atoms with Gasteiger partial charge in [0, 0.05) is 10.5 Å². The number of para-hydroxylation sites is 1. The maximum Gasteiger partial charge on any atom is 0.268 e. The van der Waals surface area contributed by atoms with Crippen molar-refractivity contribution in [3.8, 4) is 0 Å². The predicted octanol–water partition coefficient (Wildman–Crippen LogP) is 0.756. The molecule has 1 aromatic rings. The van der Waals surface area contributed by atoms with Gasteiger partial charge in [-0.3, -0.25) is 14.9 Å². The fourth-order valence-corrected chi connectivity index (χ4v) is 1.90. The molecular weight excluding hydrogens is 236 g/mol. The summed E-state index contributed by atoms with van der Waals surface area (Å²) in [4.78, 5) is 21.2. The molecule has 1 amide bonds. The lowest BCUT2D eigenvalue weighted by Gasteiger charge is -2.15. The highest BCUT2D eigenvalue weighted by Crippen LogP contribution is 2.40. The molecule has 0 aromatic heterocycles. The lowest BCUT2D eigenvalue weighted by atomic mass is 9.96. The van der Waals surface area contributed by atoms with E-state index in [-0.39, 0.29) is 16.3 Å². The van der Waals surface area contributed by atoms with Crippen molar-refractivity contribution < 1.29 is 14.8 Å². The zero-order valence-electron chi connectivity index (χ0n) is 7.94. The molecule has 1 unspecified atom stereocenters. The topological polar surface area (TPSA) is 92.5 Å². The first-order chi connectivity index (χ1) is 7.45. The van der Waals surface area contributed by atoms with Crippen LogP contribution >= 0.6 is 11.6 Å². The van der Waals surface area contributed by atoms with Crippen LogP contribution in [0.5, 0.6) is 0 Å². The second-order valence-corrected chi connectivity index (χ2v) is 3.87. The Bertz CT molecular complexity index is 490. The number of rotatable bonds is 2. The molecule has 1 aliphatic heterocycles. The lowest BCUT2D eigenvalue weighted by molar-refractivity contribution is -0.498. The van der Waals surface area contributed by atoms with E-state index in [2.05, 4.69) is 5.32 Å². The minimum Gasteiger partial charge on any atom is -0.370 e. The second-order valence-electron chi connectivity index (χ2n) is 3.47. The van der Waals surface area contributed by atoms with Gasteiger partial charge in [-0.05, 0) is 6.07 Å². The van der Waals surface area contributed by atoms with Gasteiger partial charge in [-0.15, -0.1) is 0 Å². The number of halogens is 1. The summed E-state index contributed by atoms with van der Waals surface area (Å²) in [5.74, 6) is -0.827. The van der Waals surface area contributed by atoms with Crippen LogP contribution in [0, 0.1) is 10.1 Å². The molecule has 0 saturated carbocycles. The highest BCUT2D eigenvalue weighted by molar-refractivity contribution is 6.34. The number of hydrogen-bond acceptors (Lipinski definition) is 4. The first-order valence-electron chi connectivity index (χ1n) is 4.40. The minimum absolute atomic E-state index is 0.140. The van der Waals surface area contributed by atoms with Crippen LogP contribution in [0.1, 0.15) is 5.56 Å². The molecule has 2 rings (SSSR count). The Morgan fingerprint density at radius 1 is 1.56 bits per heavy atom. The van der Waals surface area contributed by atoms with Crippen LogP contribution in [0.4, 0.5) is 5.69 Å². The van der Waals surface area contributed by atoms with Gasteiger partial charge < -0.3 is 10.4 Å². The first-order valence-corrected chi connectivity index (χ1v) is 4.77. The number of amides is 1. The van der Waals surface area contributed by atoms with Gasteiger partial charge >= 0.3 is 0 Å². The van der Waals surface area contributed by atoms with Gasteiger partial charge in [0.2, 0.25) is 12.1 Å². The maximum atomic E-state index is 11.5. The highest BCUT2D eigenvalue weighted by Gasteiger charge is 2.50. The largest absolute Gasteiger partial charge is 0.370 e. The lowest BCUT2D eigenvalue weighted by Crippen LogP contribution is -2.40. The van der Waals surface area contributed by atoms with E-state index in [1.54, 1.807) is 0 Å². The highest BCUT2D eigenvalue weighted by atomic mass is 35.5. The molecule has 1 atom stereocenters. The summed E-state index contributed by atoms with van der Waals surface area (Å²) in [6, 6.07) is 4.48. The molecule has 0 saturated heterocycles. The third-order valence-corrected chi connectivity index (χ3v) is 2.75. The summed E-state index contributed by atoms with van der Waals surface area (Å²) in [7, 11) is 0. The molecule has 0 fully saturated rings. The molecule has 0 aliphatic carbocycles. The van der Waals surface area contributed by atoms with Gasteiger partial charge in [0.1, 0.15) is 0 Å². The van der Waals surface area contributed by atoms with Crippen LogP contribution in [0.25, 0.3) is 0 Å². The van der Waals surface area contributed by atoms with Crippen molar-refractivity contribution in [2.24, 2.45) is 0 Å². The van der Waals surface area contributed by atoms with E-state index in [0.717, 1.165) is 0 Å². The van der Waals surface area contributed by atoms with Gasteiger partial charge in [0.05, 0.1) is 10.7 Å². The number of benzene rings is 1. The van der Waals surface area contributed by atoms with E-state index in [1.807, 2.05) is 0 Å². The van der Waals surface area contributed by atoms with Crippen molar-refractivity contribution in [2.45, 2.75) is 5.60 Å². The summed E-state index contributed by atoms with van der Waals surface area (Å²) in [6.45, 7) is -0.883. The second kappa shape index (κ2) is 3.43. The van der Waals surface area contributed by atoms with Gasteiger partial charge in [0.15, 0.2) is 0 Å². The quantitative estimate of drug-likeness (QED) is 0.591. The summed E-state index contributed by atoms with van der Waals surface area (Å²) in [5, 5.41) is 23.0. The van der Waals surface area contributed by atoms with E-state index in [1.165, 1.54) is 18.2 Å². The smallest absolute Gasteiger partial charge is 0.268 e. The molecule has 6 nitrogen and oxygen atoms in total. The van der Waals surface area contributed by atoms with Gasteiger partial charge in [-0.2, -0.15) is 0 Å². The van der Waals surface area contributed by atoms with Crippen molar-refractivity contribution >= 4 is 23.2 Å². The van der Waals surface area contributed by atoms with E-state index >= 15 is 0 Å². The Morgan fingerprint density at radius 3 is 2.88 bits per heavy atom. The van der Waals surface area contributed by atoms with Crippen LogP contribution in [-0.4, -0.2) is 22.5 Å². The third kappa shape index (κ3) is 1.43. The molecule has 7 heteroatoms. The van der Waals surface area contributed by atoms with Crippen LogP contribution in [0.15, 0.2) is 18.2 Å². The molecule has 0 spiro atoms. The van der Waals surface area contributed by atoms with Crippen LogP contribution in [0.3, 0.4) is 0 Å². The molecule has 84 valence electrons. The Balaban J connectivity index is 2.55. The minimum atomic E-state index is -2.14. The van der Waals surface area contributed by atoms with Crippen molar-refractivity contribution in [1.82, 2.24) is 0 Å². The van der Waals surface area contributed by atoms with E-state index in [9.17, 15) is 20.0 Å². The number of nitrogens with one attached hydrogen (secondary N) is 1. The monoisotopic (exact) mass is 242 g/mol. The molecule has 1 aromatic carbocycles. The van der Waals surface area contributed by atoms with Gasteiger partial charge in [-0.1, -0.05) is 23.7 Å². The number of nitrogens with zero attached hydrogens (tertiary/aromatic N) is 1. The average Bonchev–Trinajstić information content (AvgIpc) is 2.41. The van der Waals surface area contributed by atoms with Crippen LogP contribution in [0.2, 0.25) is 5.02 Å². The molecule has 1 aliphatic rings. The number of aliphatic hydroxyl groups is 1. The Morgan fingerprint density at radius 2 is 2.25 bits per heavy atom. The molecular formula is C9H7ClN2O4. The zero-order chi connectivity index (χ0) is 11.9. The van der Waals surface area contributed by atoms with Gasteiger partial charge in [0.25, 0.3) is 5.91 Å². The first kappa shape index (κ1) is 10.8. The van der Waals surface area contributed by atoms with Crippen molar-refractivity contribution in [3.05, 3.63) is 38.9 Å². The van der Waals surface area contributed by atoms with E-state index < -0.39 is 23.0 Å². The summed E-state index contributed by atoms with van der Waals surface area (Å²) >= 11 is 5.80. The van der Waals surface area contributed by atoms with Crippen LogP contribution < -0.4 is 5.32 Å². The molecule has 1 heterocycles. The number of anilines is 1. The Labute approximate surface area is 95.0 Å². The number of carbonyl (C=O) groups is 1. The van der Waals surface area contributed by atoms with Crippen molar-refractivity contribution in [1.29, 1.82) is 0 Å². The van der Waals surface area contributed by atoms with Crippen molar-refractivity contribution in [3.63, 3.8) is 0 Å². The summed E-state index contributed by atoms with van der Waals surface area (Å²) in [6.07, 6.45) is 0. The van der Waals surface area contributed by atoms with E-state index in [0.29, 0.717) is 0 Å². The zero-order valence-corrected chi connectivity index (χ0v) is 8.69. The Kier molecular flexibility index (Phi) is 2.32. The summed E-state index contributed by atoms with van der Waals surface area (Å²) in [5.41, 5.74) is -1.76. The number of nitro groups is 1. The summed E-state index contributed by atoms with van der Waals surface area (Å²) < 4.78 is 0. The SMILES string of the molecule is O=C1Nc2c(Cl)cccc2C1(O)C[N+](=O)[O-]. The molecule has 0 radical (unpaired) electrons. The molecule has 16 heavy (non-hydrogen) atoms. The van der Waals surface area contributed by atoms with Crippen LogP contribution in [-0.2, 0) is 10.4 Å². The predicted molar refractivity (Wildman–Crippen MR) is 55.8 cm³/mol. The van der Waals surface area contributed by atoms with Crippen molar-refractivity contribution in [2.75, 3.05) is 11.9 Å². The van der Waals surface area contributed by atoms with E-state index in [4.69, 9.17) is 11.6 Å². The standard InChI is InChI=1S/C9H7ClN2O4/c10-6-3-1-2-5-7(6)11-8(13)9(5,14)4-12(15)16/h1-3,14H,4H2,(H,11,13). The normalized spacial score (nSPS) is 22.8. The fourth-order valence-electron chi connectivity index (χ4n) is 1.68. The Hall–Kier alpha value is -1.66. The third-order valence-electron chi connectivity index (χ3n) is 2.43. The molecule has 2 N–H and O–H groups in total. The maximum absolute atomic E-state index is 11.5.